The molecule has 2 aromatic carbocycles. The fourth-order valence-electron chi connectivity index (χ4n) is 3.28. The van der Waals surface area contributed by atoms with Gasteiger partial charge in [0.25, 0.3) is 0 Å². The minimum atomic E-state index is -0.294. The molecule has 0 bridgehead atoms. The topological polar surface area (TPSA) is 85.5 Å². The Morgan fingerprint density at radius 3 is 2.82 bits per heavy atom. The van der Waals surface area contributed by atoms with E-state index in [0.29, 0.717) is 24.5 Å². The van der Waals surface area contributed by atoms with Gasteiger partial charge in [-0.05, 0) is 47.9 Å². The van der Waals surface area contributed by atoms with Gasteiger partial charge in [0.05, 0.1) is 32.0 Å². The second-order valence-electron chi connectivity index (χ2n) is 6.58. The number of hydrogen-bond donors (Lipinski definition) is 2. The molecule has 0 saturated carbocycles. The molecule has 0 spiro atoms. The van der Waals surface area contributed by atoms with E-state index in [-0.39, 0.29) is 11.8 Å². The van der Waals surface area contributed by atoms with E-state index in [1.165, 1.54) is 0 Å². The highest BCUT2D eigenvalue weighted by molar-refractivity contribution is 5.95. The van der Waals surface area contributed by atoms with Crippen LogP contribution in [0.2, 0.25) is 0 Å². The molecule has 1 aliphatic heterocycles. The van der Waals surface area contributed by atoms with Crippen LogP contribution in [-0.4, -0.2) is 36.9 Å². The molecule has 0 radical (unpaired) electrons. The largest absolute Gasteiger partial charge is 0.497 e. The van der Waals surface area contributed by atoms with E-state index in [1.807, 2.05) is 36.4 Å². The molecule has 7 nitrogen and oxygen atoms in total. The lowest BCUT2D eigenvalue weighted by molar-refractivity contribution is -0.121. The Bertz CT molecular complexity index is 985. The zero-order valence-electron chi connectivity index (χ0n) is 15.7. The molecular weight excluding hydrogens is 358 g/mol. The number of carbonyl (C=O) groups excluding carboxylic acids is 1. The first kappa shape index (κ1) is 17.9. The number of fused-ring (bicyclic) bond motifs is 1. The second-order valence-corrected chi connectivity index (χ2v) is 6.58. The van der Waals surface area contributed by atoms with Crippen molar-refractivity contribution in [1.82, 2.24) is 10.2 Å². The summed E-state index contributed by atoms with van der Waals surface area (Å²) in [5.74, 6) is 1.73. The summed E-state index contributed by atoms with van der Waals surface area (Å²) >= 11 is 0. The van der Waals surface area contributed by atoms with Crippen LogP contribution in [0.1, 0.15) is 5.56 Å². The van der Waals surface area contributed by atoms with Crippen LogP contribution >= 0.6 is 0 Å². The van der Waals surface area contributed by atoms with Gasteiger partial charge in [0, 0.05) is 11.8 Å². The van der Waals surface area contributed by atoms with E-state index in [2.05, 4.69) is 15.5 Å². The van der Waals surface area contributed by atoms with Gasteiger partial charge in [-0.2, -0.15) is 5.10 Å². The monoisotopic (exact) mass is 379 g/mol. The third-order valence-corrected chi connectivity index (χ3v) is 4.84. The fraction of sp³-hybridized carbons (Fsp3) is 0.238. The number of H-pyrrole nitrogens is 1. The second kappa shape index (κ2) is 7.64. The Balaban J connectivity index is 1.50. The van der Waals surface area contributed by atoms with Gasteiger partial charge in [0.2, 0.25) is 5.91 Å². The first-order chi connectivity index (χ1) is 13.7. The highest BCUT2D eigenvalue weighted by Crippen LogP contribution is 2.33. The Kier molecular flexibility index (Phi) is 4.89. The average molecular weight is 379 g/mol. The molecule has 1 aromatic heterocycles. The summed E-state index contributed by atoms with van der Waals surface area (Å²) in [6, 6.07) is 11.3. The first-order valence-electron chi connectivity index (χ1n) is 8.95. The van der Waals surface area contributed by atoms with Crippen LogP contribution < -0.4 is 19.5 Å². The van der Waals surface area contributed by atoms with Crippen molar-refractivity contribution in [2.75, 3.05) is 26.1 Å². The highest BCUT2D eigenvalue weighted by Gasteiger charge is 2.27. The molecule has 1 amide bonds. The van der Waals surface area contributed by atoms with Gasteiger partial charge in [-0.15, -0.1) is 0 Å². The SMILES string of the molecule is COc1ccc2c(c1)C[C@H](C(=O)Nc1ccc(-c3cn[nH]c3)cc1OC)CO2. The molecule has 0 saturated heterocycles. The number of rotatable bonds is 5. The molecule has 28 heavy (non-hydrogen) atoms. The Morgan fingerprint density at radius 2 is 2.07 bits per heavy atom. The van der Waals surface area contributed by atoms with Crippen LogP contribution in [0.5, 0.6) is 17.2 Å². The zero-order chi connectivity index (χ0) is 19.5. The molecule has 7 heteroatoms. The molecule has 1 atom stereocenters. The lowest BCUT2D eigenvalue weighted by atomic mass is 9.95. The van der Waals surface area contributed by atoms with E-state index < -0.39 is 0 Å². The van der Waals surface area contributed by atoms with Gasteiger partial charge < -0.3 is 19.5 Å². The number of amides is 1. The maximum Gasteiger partial charge on any atom is 0.231 e. The number of carbonyl (C=O) groups is 1. The Hall–Kier alpha value is -3.48. The van der Waals surface area contributed by atoms with Crippen LogP contribution in [0.3, 0.4) is 0 Å². The number of aromatic nitrogens is 2. The number of benzene rings is 2. The summed E-state index contributed by atoms with van der Waals surface area (Å²) in [5.41, 5.74) is 3.48. The fourth-order valence-corrected chi connectivity index (χ4v) is 3.28. The maximum absolute atomic E-state index is 12.8. The minimum absolute atomic E-state index is 0.108. The van der Waals surface area contributed by atoms with Crippen molar-refractivity contribution in [1.29, 1.82) is 0 Å². The summed E-state index contributed by atoms with van der Waals surface area (Å²) in [5, 5.41) is 9.71. The van der Waals surface area contributed by atoms with Crippen LogP contribution in [0.25, 0.3) is 11.1 Å². The van der Waals surface area contributed by atoms with Gasteiger partial charge in [-0.25, -0.2) is 0 Å². The number of nitrogens with one attached hydrogen (secondary N) is 2. The van der Waals surface area contributed by atoms with Gasteiger partial charge in [-0.3, -0.25) is 9.89 Å². The lowest BCUT2D eigenvalue weighted by Crippen LogP contribution is -2.32. The number of ether oxygens (including phenoxy) is 3. The van der Waals surface area contributed by atoms with E-state index in [0.717, 1.165) is 28.2 Å². The Morgan fingerprint density at radius 1 is 1.18 bits per heavy atom. The van der Waals surface area contributed by atoms with Gasteiger partial charge in [0.1, 0.15) is 23.9 Å². The predicted molar refractivity (Wildman–Crippen MR) is 105 cm³/mol. The van der Waals surface area contributed by atoms with Crippen LogP contribution in [0.4, 0.5) is 5.69 Å². The van der Waals surface area contributed by atoms with Crippen LogP contribution in [-0.2, 0) is 11.2 Å². The summed E-state index contributed by atoms with van der Waals surface area (Å²) in [6.07, 6.45) is 4.13. The van der Waals surface area contributed by atoms with Crippen molar-refractivity contribution < 1.29 is 19.0 Å². The number of aromatic amines is 1. The standard InChI is InChI=1S/C21H21N3O4/c1-26-17-4-6-19-14(8-17)7-15(12-28-19)21(25)24-18-5-3-13(9-20(18)27-2)16-10-22-23-11-16/h3-6,8-11,15H,7,12H2,1-2H3,(H,22,23)(H,24,25)/t15-/m0/s1. The van der Waals surface area contributed by atoms with E-state index in [4.69, 9.17) is 14.2 Å². The van der Waals surface area contributed by atoms with Crippen molar-refractivity contribution in [2.45, 2.75) is 6.42 Å². The van der Waals surface area contributed by atoms with Crippen molar-refractivity contribution in [2.24, 2.45) is 5.92 Å². The minimum Gasteiger partial charge on any atom is -0.497 e. The normalized spacial score (nSPS) is 15.3. The quantitative estimate of drug-likeness (QED) is 0.711. The average Bonchev–Trinajstić information content (AvgIpc) is 3.28. The lowest BCUT2D eigenvalue weighted by Gasteiger charge is -2.25. The Labute approximate surface area is 162 Å². The van der Waals surface area contributed by atoms with Gasteiger partial charge in [0.15, 0.2) is 0 Å². The summed E-state index contributed by atoms with van der Waals surface area (Å²) in [6.45, 7) is 0.334. The molecular formula is C21H21N3O4. The molecule has 0 fully saturated rings. The van der Waals surface area contributed by atoms with Crippen molar-refractivity contribution in [3.05, 3.63) is 54.4 Å². The first-order valence-corrected chi connectivity index (χ1v) is 8.95. The molecule has 2 heterocycles. The summed E-state index contributed by atoms with van der Waals surface area (Å²) < 4.78 is 16.5. The van der Waals surface area contributed by atoms with E-state index >= 15 is 0 Å². The third-order valence-electron chi connectivity index (χ3n) is 4.84. The summed E-state index contributed by atoms with van der Waals surface area (Å²) in [4.78, 5) is 12.8. The smallest absolute Gasteiger partial charge is 0.231 e. The number of anilines is 1. The van der Waals surface area contributed by atoms with Crippen LogP contribution in [0, 0.1) is 5.92 Å². The molecule has 0 aliphatic carbocycles. The highest BCUT2D eigenvalue weighted by atomic mass is 16.5. The van der Waals surface area contributed by atoms with E-state index in [9.17, 15) is 4.79 Å². The van der Waals surface area contributed by atoms with Crippen molar-refractivity contribution in [3.8, 4) is 28.4 Å². The number of methoxy groups -OCH3 is 2. The van der Waals surface area contributed by atoms with Gasteiger partial charge >= 0.3 is 0 Å². The summed E-state index contributed by atoms with van der Waals surface area (Å²) in [7, 11) is 3.20. The van der Waals surface area contributed by atoms with Crippen LogP contribution in [0.15, 0.2) is 48.8 Å². The van der Waals surface area contributed by atoms with Gasteiger partial charge in [-0.1, -0.05) is 6.07 Å². The van der Waals surface area contributed by atoms with E-state index in [1.54, 1.807) is 26.6 Å². The maximum atomic E-state index is 12.8. The molecule has 3 aromatic rings. The van der Waals surface area contributed by atoms with Crippen molar-refractivity contribution in [3.63, 3.8) is 0 Å². The number of nitrogens with zero attached hydrogens (tertiary/aromatic N) is 1. The predicted octanol–water partition coefficient (Wildman–Crippen LogP) is 3.28. The molecule has 0 unspecified atom stereocenters. The molecule has 4 rings (SSSR count). The third kappa shape index (κ3) is 3.51. The zero-order valence-corrected chi connectivity index (χ0v) is 15.7. The van der Waals surface area contributed by atoms with Crippen molar-refractivity contribution >= 4 is 11.6 Å². The molecule has 2 N–H and O–H groups in total. The number of hydrogen-bond acceptors (Lipinski definition) is 5. The molecule has 144 valence electrons. The molecule has 1 aliphatic rings.